The van der Waals surface area contributed by atoms with E-state index in [9.17, 15) is 0 Å². The minimum absolute atomic E-state index is 0.849. The Bertz CT molecular complexity index is 3080. The van der Waals surface area contributed by atoms with Crippen LogP contribution in [0.25, 0.3) is 83.4 Å². The highest BCUT2D eigenvalue weighted by Crippen LogP contribution is 2.42. The molecule has 0 saturated heterocycles. The minimum atomic E-state index is 0.849. The van der Waals surface area contributed by atoms with E-state index in [1.807, 2.05) is 0 Å². The maximum Gasteiger partial charge on any atom is 0.134 e. The maximum absolute atomic E-state index is 6.70. The molecule has 7 aromatic carbocycles. The summed E-state index contributed by atoms with van der Waals surface area (Å²) >= 11 is 0. The molecule has 3 nitrogen and oxygen atoms in total. The Labute approximate surface area is 319 Å². The van der Waals surface area contributed by atoms with Crippen LogP contribution in [0.3, 0.4) is 0 Å². The van der Waals surface area contributed by atoms with E-state index in [0.29, 0.717) is 0 Å². The number of para-hydroxylation sites is 5. The van der Waals surface area contributed by atoms with Crippen LogP contribution in [-0.4, -0.2) is 9.13 Å². The van der Waals surface area contributed by atoms with Crippen molar-refractivity contribution in [2.75, 3.05) is 0 Å². The number of furan rings is 1. The van der Waals surface area contributed by atoms with Crippen molar-refractivity contribution in [2.24, 2.45) is 0 Å². The van der Waals surface area contributed by atoms with Crippen LogP contribution in [0, 0.1) is 0 Å². The van der Waals surface area contributed by atoms with Gasteiger partial charge in [0, 0.05) is 49.8 Å². The van der Waals surface area contributed by atoms with Gasteiger partial charge < -0.3 is 13.6 Å². The molecule has 0 aliphatic heterocycles. The molecular weight excluding hydrogens is 669 g/mol. The Morgan fingerprint density at radius 2 is 0.964 bits per heavy atom. The molecule has 55 heavy (non-hydrogen) atoms. The van der Waals surface area contributed by atoms with E-state index in [2.05, 4.69) is 203 Å². The lowest BCUT2D eigenvalue weighted by Gasteiger charge is -2.20. The quantitative estimate of drug-likeness (QED) is 0.169. The smallest absolute Gasteiger partial charge is 0.134 e. The number of hydrogen-bond acceptors (Lipinski definition) is 1. The summed E-state index contributed by atoms with van der Waals surface area (Å²) in [6.07, 6.45) is 4.45. The van der Waals surface area contributed by atoms with Gasteiger partial charge in [0.15, 0.2) is 0 Å². The van der Waals surface area contributed by atoms with Gasteiger partial charge in [-0.05, 0) is 90.2 Å². The zero-order valence-corrected chi connectivity index (χ0v) is 30.2. The van der Waals surface area contributed by atoms with E-state index in [-0.39, 0.29) is 0 Å². The van der Waals surface area contributed by atoms with Crippen LogP contribution in [0.15, 0.2) is 199 Å². The summed E-state index contributed by atoms with van der Waals surface area (Å²) < 4.78 is 11.5. The first-order valence-electron chi connectivity index (χ1n) is 19.1. The van der Waals surface area contributed by atoms with Gasteiger partial charge in [-0.25, -0.2) is 0 Å². The number of fused-ring (bicyclic) bond motifs is 6. The lowest BCUT2D eigenvalue weighted by Crippen LogP contribution is -2.06. The number of rotatable bonds is 6. The van der Waals surface area contributed by atoms with Gasteiger partial charge in [0.25, 0.3) is 0 Å². The van der Waals surface area contributed by atoms with E-state index < -0.39 is 0 Å². The molecule has 0 spiro atoms. The average molecular weight is 705 g/mol. The Hall–Kier alpha value is -7.10. The molecule has 0 amide bonds. The molecule has 0 radical (unpaired) electrons. The highest BCUT2D eigenvalue weighted by Gasteiger charge is 2.25. The molecule has 0 fully saturated rings. The van der Waals surface area contributed by atoms with Crippen LogP contribution < -0.4 is 0 Å². The van der Waals surface area contributed by atoms with Gasteiger partial charge in [0.1, 0.15) is 11.5 Å². The van der Waals surface area contributed by atoms with E-state index in [0.717, 1.165) is 46.7 Å². The van der Waals surface area contributed by atoms with Crippen LogP contribution in [0.2, 0.25) is 0 Å². The molecule has 11 rings (SSSR count). The molecule has 10 aromatic rings. The molecule has 1 aliphatic carbocycles. The molecule has 0 unspecified atom stereocenters. The zero-order chi connectivity index (χ0) is 36.3. The second kappa shape index (κ2) is 12.8. The average Bonchev–Trinajstić information content (AvgIpc) is 3.98. The monoisotopic (exact) mass is 704 g/mol. The van der Waals surface area contributed by atoms with E-state index in [4.69, 9.17) is 4.42 Å². The normalized spacial score (nSPS) is 12.7. The number of hydrogen-bond donors (Lipinski definition) is 0. The van der Waals surface area contributed by atoms with Crippen LogP contribution in [0.1, 0.15) is 23.2 Å². The predicted octanol–water partition coefficient (Wildman–Crippen LogP) is 13.7. The van der Waals surface area contributed by atoms with Crippen molar-refractivity contribution in [1.29, 1.82) is 0 Å². The summed E-state index contributed by atoms with van der Waals surface area (Å²) in [5, 5.41) is 3.82. The molecule has 3 heteroatoms. The molecular formula is C52H36N2O. The van der Waals surface area contributed by atoms with E-state index in [1.165, 1.54) is 66.4 Å². The van der Waals surface area contributed by atoms with Crippen molar-refractivity contribution in [1.82, 2.24) is 9.13 Å². The van der Waals surface area contributed by atoms with E-state index >= 15 is 0 Å². The molecule has 0 bridgehead atoms. The molecule has 0 N–H and O–H groups in total. The van der Waals surface area contributed by atoms with Crippen LogP contribution >= 0.6 is 0 Å². The summed E-state index contributed by atoms with van der Waals surface area (Å²) in [6.45, 7) is 0. The third-order valence-corrected chi connectivity index (χ3v) is 11.2. The van der Waals surface area contributed by atoms with Crippen LogP contribution in [0.5, 0.6) is 0 Å². The lowest BCUT2D eigenvalue weighted by atomic mass is 9.90. The molecule has 3 aromatic heterocycles. The minimum Gasteiger partial charge on any atom is -0.456 e. The number of nitrogens with zero attached hydrogens (tertiary/aromatic N) is 2. The first kappa shape index (κ1) is 31.4. The topological polar surface area (TPSA) is 23.0 Å². The fourth-order valence-electron chi connectivity index (χ4n) is 8.83. The molecule has 1 aliphatic rings. The Kier molecular flexibility index (Phi) is 7.31. The summed E-state index contributed by atoms with van der Waals surface area (Å²) in [7, 11) is 0. The SMILES string of the molecule is C1=C(c2cccc(-c3ccc(-c4cccc(-c5cccc6c7ccccc7n(-c7ccccc7)c56)c4)o3)c2)c2c(c3ccccc3n2-c2ccccc2)CC1. The fourth-order valence-corrected chi connectivity index (χ4v) is 8.83. The zero-order valence-electron chi connectivity index (χ0n) is 30.2. The Morgan fingerprint density at radius 3 is 1.69 bits per heavy atom. The number of allylic oxidation sites excluding steroid dienone is 1. The summed E-state index contributed by atoms with van der Waals surface area (Å²) in [5.74, 6) is 1.70. The van der Waals surface area contributed by atoms with Crippen molar-refractivity contribution in [3.8, 4) is 45.1 Å². The summed E-state index contributed by atoms with van der Waals surface area (Å²) in [4.78, 5) is 0. The van der Waals surface area contributed by atoms with Crippen molar-refractivity contribution >= 4 is 38.3 Å². The van der Waals surface area contributed by atoms with E-state index in [1.54, 1.807) is 0 Å². The Balaban J connectivity index is 0.981. The van der Waals surface area contributed by atoms with Crippen molar-refractivity contribution in [3.63, 3.8) is 0 Å². The third kappa shape index (κ3) is 5.12. The maximum atomic E-state index is 6.70. The number of aryl methyl sites for hydroxylation is 1. The first-order chi connectivity index (χ1) is 27.3. The number of benzene rings is 7. The first-order valence-corrected chi connectivity index (χ1v) is 19.1. The van der Waals surface area contributed by atoms with Gasteiger partial charge in [0.05, 0.1) is 22.2 Å². The molecule has 0 saturated carbocycles. The van der Waals surface area contributed by atoms with Gasteiger partial charge >= 0.3 is 0 Å². The van der Waals surface area contributed by atoms with Gasteiger partial charge in [-0.3, -0.25) is 0 Å². The second-order valence-electron chi connectivity index (χ2n) is 14.4. The van der Waals surface area contributed by atoms with Gasteiger partial charge in [-0.1, -0.05) is 133 Å². The van der Waals surface area contributed by atoms with Crippen molar-refractivity contribution in [2.45, 2.75) is 12.8 Å². The molecule has 260 valence electrons. The largest absolute Gasteiger partial charge is 0.456 e. The van der Waals surface area contributed by atoms with Gasteiger partial charge in [0.2, 0.25) is 0 Å². The van der Waals surface area contributed by atoms with Crippen molar-refractivity contribution < 1.29 is 4.42 Å². The highest BCUT2D eigenvalue weighted by molar-refractivity contribution is 6.14. The third-order valence-electron chi connectivity index (χ3n) is 11.2. The number of aromatic nitrogens is 2. The fraction of sp³-hybridized carbons (Fsp3) is 0.0385. The molecule has 0 atom stereocenters. The summed E-state index contributed by atoms with van der Waals surface area (Å²) in [5.41, 5.74) is 15.6. The predicted molar refractivity (Wildman–Crippen MR) is 228 cm³/mol. The van der Waals surface area contributed by atoms with Crippen LogP contribution in [0.4, 0.5) is 0 Å². The van der Waals surface area contributed by atoms with Crippen LogP contribution in [-0.2, 0) is 6.42 Å². The molecule has 3 heterocycles. The Morgan fingerprint density at radius 1 is 0.418 bits per heavy atom. The van der Waals surface area contributed by atoms with Gasteiger partial charge in [-0.15, -0.1) is 0 Å². The van der Waals surface area contributed by atoms with Crippen molar-refractivity contribution in [3.05, 3.63) is 211 Å². The highest BCUT2D eigenvalue weighted by atomic mass is 16.3. The lowest BCUT2D eigenvalue weighted by molar-refractivity contribution is 0.597. The second-order valence-corrected chi connectivity index (χ2v) is 14.4. The standard InChI is InChI=1S/C52H36N2O/c1-3-19-39(20-4-1)53-47-29-9-7-23-43(47)45-27-13-25-41(51(45)53)35-15-11-17-37(33-35)49-31-32-50(55-49)38-18-12-16-36(34-38)42-26-14-28-46-44-24-8-10-30-48(44)54(52(42)46)40-21-5-2-6-22-40/h1-13,15-27,29-34H,14,28H2. The summed E-state index contributed by atoms with van der Waals surface area (Å²) in [6, 6.07) is 67.4. The van der Waals surface area contributed by atoms with Gasteiger partial charge in [-0.2, -0.15) is 0 Å².